The molecular weight excluding hydrogens is 180 g/mol. The van der Waals surface area contributed by atoms with Gasteiger partial charge in [0.1, 0.15) is 0 Å². The highest BCUT2D eigenvalue weighted by Gasteiger charge is 2.05. The van der Waals surface area contributed by atoms with Crippen LogP contribution in [0.15, 0.2) is 12.3 Å². The Morgan fingerprint density at radius 1 is 1.58 bits per heavy atom. The van der Waals surface area contributed by atoms with Gasteiger partial charge in [-0.1, -0.05) is 0 Å². The van der Waals surface area contributed by atoms with Crippen LogP contribution < -0.4 is 4.74 Å². The molecule has 0 aliphatic carbocycles. The molecule has 0 fully saturated rings. The van der Waals surface area contributed by atoms with Gasteiger partial charge in [0.05, 0.1) is 7.11 Å². The second-order valence-electron chi connectivity index (χ2n) is 2.08. The predicted molar refractivity (Wildman–Crippen MR) is 42.3 cm³/mol. The van der Waals surface area contributed by atoms with E-state index in [4.69, 9.17) is 16.3 Å². The highest BCUT2D eigenvalue weighted by atomic mass is 35.5. The molecule has 0 aliphatic rings. The molecule has 0 saturated carbocycles. The third kappa shape index (κ3) is 0.984. The highest BCUT2D eigenvalue weighted by molar-refractivity contribution is 6.28. The molecule has 0 bridgehead atoms. The second kappa shape index (κ2) is 2.60. The van der Waals surface area contributed by atoms with Gasteiger partial charge in [0.25, 0.3) is 0 Å². The number of nitrogens with zero attached hydrogens (tertiary/aromatic N) is 4. The van der Waals surface area contributed by atoms with Crippen molar-refractivity contribution in [1.29, 1.82) is 0 Å². The van der Waals surface area contributed by atoms with Crippen molar-refractivity contribution >= 4 is 17.2 Å². The molecule has 0 N–H and O–H groups in total. The molecule has 2 aromatic heterocycles. The zero-order valence-corrected chi connectivity index (χ0v) is 6.99. The van der Waals surface area contributed by atoms with E-state index in [0.29, 0.717) is 11.7 Å². The summed E-state index contributed by atoms with van der Waals surface area (Å²) in [5, 5.41) is 4.05. The number of fused-ring (bicyclic) bond motifs is 1. The molecule has 0 atom stereocenters. The topological polar surface area (TPSA) is 52.3 Å². The number of hydrogen-bond donors (Lipinski definition) is 0. The van der Waals surface area contributed by atoms with Crippen LogP contribution >= 0.6 is 11.6 Å². The van der Waals surface area contributed by atoms with E-state index in [0.717, 1.165) is 0 Å². The number of methoxy groups -OCH3 is 1. The molecule has 6 heteroatoms. The van der Waals surface area contributed by atoms with Gasteiger partial charge in [-0.2, -0.15) is 9.50 Å². The fourth-order valence-electron chi connectivity index (χ4n) is 0.908. The maximum absolute atomic E-state index is 5.59. The lowest BCUT2D eigenvalue weighted by Gasteiger charge is -1.97. The van der Waals surface area contributed by atoms with E-state index in [2.05, 4.69) is 15.1 Å². The first-order chi connectivity index (χ1) is 5.81. The minimum absolute atomic E-state index is 0.182. The van der Waals surface area contributed by atoms with Gasteiger partial charge in [-0.15, -0.1) is 5.10 Å². The summed E-state index contributed by atoms with van der Waals surface area (Å²) in [4.78, 5) is 7.84. The molecule has 0 unspecified atom stereocenters. The number of halogens is 1. The van der Waals surface area contributed by atoms with Crippen LogP contribution in [0.25, 0.3) is 5.65 Å². The highest BCUT2D eigenvalue weighted by Crippen LogP contribution is 2.10. The summed E-state index contributed by atoms with van der Waals surface area (Å²) in [6.07, 6.45) is 1.58. The first-order valence-corrected chi connectivity index (χ1v) is 3.60. The van der Waals surface area contributed by atoms with Gasteiger partial charge in [0.2, 0.25) is 5.28 Å². The van der Waals surface area contributed by atoms with E-state index < -0.39 is 0 Å². The van der Waals surface area contributed by atoms with Crippen LogP contribution in [0.5, 0.6) is 6.01 Å². The van der Waals surface area contributed by atoms with Gasteiger partial charge >= 0.3 is 6.01 Å². The van der Waals surface area contributed by atoms with Crippen LogP contribution in [-0.2, 0) is 0 Å². The molecule has 2 heterocycles. The Morgan fingerprint density at radius 3 is 3.17 bits per heavy atom. The summed E-state index contributed by atoms with van der Waals surface area (Å²) in [5.74, 6) is 0. The van der Waals surface area contributed by atoms with Crippen molar-refractivity contribution in [3.8, 4) is 6.01 Å². The van der Waals surface area contributed by atoms with Gasteiger partial charge in [-0.3, -0.25) is 0 Å². The van der Waals surface area contributed by atoms with Crippen LogP contribution in [0.2, 0.25) is 5.28 Å². The number of rotatable bonds is 1. The monoisotopic (exact) mass is 184 g/mol. The molecule has 5 nitrogen and oxygen atoms in total. The Bertz CT molecular complexity index is 413. The van der Waals surface area contributed by atoms with E-state index in [1.165, 1.54) is 11.6 Å². The quantitative estimate of drug-likeness (QED) is 0.658. The molecule has 2 aromatic rings. The number of aromatic nitrogens is 4. The third-order valence-electron chi connectivity index (χ3n) is 1.38. The van der Waals surface area contributed by atoms with E-state index in [1.54, 1.807) is 12.3 Å². The molecular formula is C6H5ClN4O. The van der Waals surface area contributed by atoms with Crippen molar-refractivity contribution in [3.63, 3.8) is 0 Å². The van der Waals surface area contributed by atoms with E-state index in [9.17, 15) is 0 Å². The van der Waals surface area contributed by atoms with Crippen molar-refractivity contribution in [2.75, 3.05) is 7.11 Å². The Kier molecular flexibility index (Phi) is 1.58. The standard InChI is InChI=1S/C6H5ClN4O/c1-12-6-8-3-2-4-9-5(7)10-11(4)6/h2-3H,1H3. The number of ether oxygens (including phenoxy) is 1. The van der Waals surface area contributed by atoms with Gasteiger partial charge in [0.15, 0.2) is 5.65 Å². The first kappa shape index (κ1) is 7.30. The van der Waals surface area contributed by atoms with E-state index in [-0.39, 0.29) is 5.28 Å². The molecule has 2 rings (SSSR count). The SMILES string of the molecule is COc1nccc2nc(Cl)nn12. The lowest BCUT2D eigenvalue weighted by Crippen LogP contribution is -1.97. The van der Waals surface area contributed by atoms with Crippen molar-refractivity contribution in [2.45, 2.75) is 0 Å². The first-order valence-electron chi connectivity index (χ1n) is 3.22. The maximum atomic E-state index is 5.59. The fraction of sp³-hybridized carbons (Fsp3) is 0.167. The normalized spacial score (nSPS) is 10.5. The molecule has 0 amide bonds. The lowest BCUT2D eigenvalue weighted by atomic mass is 10.6. The summed E-state index contributed by atoms with van der Waals surface area (Å²) < 4.78 is 6.36. The lowest BCUT2D eigenvalue weighted by molar-refractivity contribution is 0.367. The van der Waals surface area contributed by atoms with Crippen LogP contribution in [0, 0.1) is 0 Å². The Labute approximate surface area is 73.0 Å². The van der Waals surface area contributed by atoms with E-state index >= 15 is 0 Å². The molecule has 0 aliphatic heterocycles. The average Bonchev–Trinajstić information content (AvgIpc) is 2.44. The second-order valence-corrected chi connectivity index (χ2v) is 2.42. The largest absolute Gasteiger partial charge is 0.467 e. The summed E-state index contributed by atoms with van der Waals surface area (Å²) in [6, 6.07) is 2.06. The summed E-state index contributed by atoms with van der Waals surface area (Å²) in [5.41, 5.74) is 0.617. The third-order valence-corrected chi connectivity index (χ3v) is 1.54. The van der Waals surface area contributed by atoms with Crippen LogP contribution in [-0.4, -0.2) is 26.7 Å². The maximum Gasteiger partial charge on any atom is 0.319 e. The van der Waals surface area contributed by atoms with Crippen molar-refractivity contribution in [1.82, 2.24) is 19.6 Å². The molecule has 0 aromatic carbocycles. The molecule has 0 spiro atoms. The van der Waals surface area contributed by atoms with Crippen LogP contribution in [0.4, 0.5) is 0 Å². The average molecular weight is 185 g/mol. The van der Waals surface area contributed by atoms with Gasteiger partial charge in [0, 0.05) is 12.3 Å². The van der Waals surface area contributed by atoms with Gasteiger partial charge in [-0.25, -0.2) is 4.98 Å². The minimum Gasteiger partial charge on any atom is -0.467 e. The Balaban J connectivity index is 2.78. The molecule has 12 heavy (non-hydrogen) atoms. The van der Waals surface area contributed by atoms with Crippen molar-refractivity contribution < 1.29 is 4.74 Å². The predicted octanol–water partition coefficient (Wildman–Crippen LogP) is 0.786. The zero-order chi connectivity index (χ0) is 8.55. The van der Waals surface area contributed by atoms with Gasteiger partial charge < -0.3 is 4.74 Å². The fourth-order valence-corrected chi connectivity index (χ4v) is 1.07. The molecule has 0 saturated heterocycles. The Morgan fingerprint density at radius 2 is 2.42 bits per heavy atom. The van der Waals surface area contributed by atoms with Crippen molar-refractivity contribution in [3.05, 3.63) is 17.5 Å². The van der Waals surface area contributed by atoms with Crippen LogP contribution in [0.3, 0.4) is 0 Å². The molecule has 62 valence electrons. The van der Waals surface area contributed by atoms with E-state index in [1.807, 2.05) is 0 Å². The van der Waals surface area contributed by atoms with Crippen molar-refractivity contribution in [2.24, 2.45) is 0 Å². The van der Waals surface area contributed by atoms with Crippen LogP contribution in [0.1, 0.15) is 0 Å². The summed E-state index contributed by atoms with van der Waals surface area (Å²) >= 11 is 5.59. The number of hydrogen-bond acceptors (Lipinski definition) is 4. The Hall–Kier alpha value is -1.36. The zero-order valence-electron chi connectivity index (χ0n) is 6.23. The summed E-state index contributed by atoms with van der Waals surface area (Å²) in [7, 11) is 1.51. The van der Waals surface area contributed by atoms with Gasteiger partial charge in [-0.05, 0) is 11.6 Å². The smallest absolute Gasteiger partial charge is 0.319 e. The molecule has 0 radical (unpaired) electrons. The summed E-state index contributed by atoms with van der Waals surface area (Å²) in [6.45, 7) is 0. The minimum atomic E-state index is 0.182.